The van der Waals surface area contributed by atoms with E-state index in [9.17, 15) is 0 Å². The summed E-state index contributed by atoms with van der Waals surface area (Å²) in [5.74, 6) is 0.0440. The molecule has 0 aliphatic heterocycles. The first-order chi connectivity index (χ1) is 5.63. The van der Waals surface area contributed by atoms with Crippen LogP contribution in [0.3, 0.4) is 0 Å². The summed E-state index contributed by atoms with van der Waals surface area (Å²) in [6.07, 6.45) is 0. The van der Waals surface area contributed by atoms with Gasteiger partial charge in [-0.3, -0.25) is 5.21 Å². The van der Waals surface area contributed by atoms with Crippen LogP contribution in [0.25, 0.3) is 0 Å². The van der Waals surface area contributed by atoms with Gasteiger partial charge in [0.1, 0.15) is 0 Å². The summed E-state index contributed by atoms with van der Waals surface area (Å²) in [6.45, 7) is 2.07. The number of halogens is 2. The van der Waals surface area contributed by atoms with Gasteiger partial charge in [-0.25, -0.2) is 5.06 Å². The van der Waals surface area contributed by atoms with Crippen molar-refractivity contribution in [2.75, 3.05) is 11.6 Å². The van der Waals surface area contributed by atoms with Crippen molar-refractivity contribution in [3.63, 3.8) is 0 Å². The molecule has 1 N–H and O–H groups in total. The van der Waals surface area contributed by atoms with Crippen LogP contribution in [0.2, 0.25) is 10.6 Å². The quantitative estimate of drug-likeness (QED) is 0.745. The Hall–Kier alpha value is -0.650. The lowest BCUT2D eigenvalue weighted by Crippen LogP contribution is -2.20. The van der Waals surface area contributed by atoms with Gasteiger partial charge in [-0.1, -0.05) is 0 Å². The largest absolute Gasteiger partial charge is 0.286 e. The van der Waals surface area contributed by atoms with Crippen LogP contribution in [0, 0.1) is 0 Å². The molecule has 0 amide bonds. The van der Waals surface area contributed by atoms with Crippen LogP contribution < -0.4 is 5.06 Å². The molecular formula is C5H6Cl2N4O. The maximum atomic E-state index is 9.14. The Morgan fingerprint density at radius 2 is 1.75 bits per heavy atom. The number of anilines is 1. The molecule has 5 nitrogen and oxygen atoms in total. The Labute approximate surface area is 78.9 Å². The van der Waals surface area contributed by atoms with Gasteiger partial charge in [0, 0.05) is 6.54 Å². The summed E-state index contributed by atoms with van der Waals surface area (Å²) < 4.78 is 0. The zero-order chi connectivity index (χ0) is 9.14. The van der Waals surface area contributed by atoms with E-state index >= 15 is 0 Å². The van der Waals surface area contributed by atoms with E-state index in [0.717, 1.165) is 5.06 Å². The van der Waals surface area contributed by atoms with Crippen molar-refractivity contribution in [1.29, 1.82) is 0 Å². The number of hydroxylamine groups is 1. The summed E-state index contributed by atoms with van der Waals surface area (Å²) in [4.78, 5) is 10.8. The van der Waals surface area contributed by atoms with E-state index in [2.05, 4.69) is 15.0 Å². The molecule has 0 aliphatic carbocycles. The third-order valence-electron chi connectivity index (χ3n) is 1.10. The summed E-state index contributed by atoms with van der Waals surface area (Å²) >= 11 is 10.9. The van der Waals surface area contributed by atoms with Crippen molar-refractivity contribution in [3.8, 4) is 0 Å². The predicted molar refractivity (Wildman–Crippen MR) is 44.7 cm³/mol. The summed E-state index contributed by atoms with van der Waals surface area (Å²) in [7, 11) is 0. The SMILES string of the molecule is CCN(O)c1nc(Cl)nc(Cl)n1. The number of hydrogen-bond donors (Lipinski definition) is 1. The first-order valence-electron chi connectivity index (χ1n) is 3.17. The van der Waals surface area contributed by atoms with E-state index in [4.69, 9.17) is 28.4 Å². The first-order valence-corrected chi connectivity index (χ1v) is 3.92. The van der Waals surface area contributed by atoms with Crippen LogP contribution in [-0.2, 0) is 0 Å². The van der Waals surface area contributed by atoms with Gasteiger partial charge >= 0.3 is 0 Å². The summed E-state index contributed by atoms with van der Waals surface area (Å²) in [6, 6.07) is 0. The highest BCUT2D eigenvalue weighted by Gasteiger charge is 2.07. The molecule has 0 atom stereocenters. The van der Waals surface area contributed by atoms with Crippen LogP contribution in [0.4, 0.5) is 5.95 Å². The van der Waals surface area contributed by atoms with Crippen LogP contribution in [0.15, 0.2) is 0 Å². The monoisotopic (exact) mass is 208 g/mol. The molecule has 7 heteroatoms. The minimum absolute atomic E-state index is 0.0440. The van der Waals surface area contributed by atoms with Crippen molar-refractivity contribution >= 4 is 29.2 Å². The predicted octanol–water partition coefficient (Wildman–Crippen LogP) is 1.39. The fourth-order valence-electron chi connectivity index (χ4n) is 0.573. The Kier molecular flexibility index (Phi) is 3.02. The van der Waals surface area contributed by atoms with E-state index in [-0.39, 0.29) is 16.5 Å². The number of hydrogen-bond acceptors (Lipinski definition) is 5. The van der Waals surface area contributed by atoms with E-state index < -0.39 is 0 Å². The van der Waals surface area contributed by atoms with E-state index in [0.29, 0.717) is 6.54 Å². The highest BCUT2D eigenvalue weighted by Crippen LogP contribution is 2.11. The van der Waals surface area contributed by atoms with Gasteiger partial charge in [0.2, 0.25) is 10.6 Å². The standard InChI is InChI=1S/C5H6Cl2N4O/c1-2-11(12)5-9-3(6)8-4(7)10-5/h12H,2H2,1H3. The van der Waals surface area contributed by atoms with Gasteiger partial charge < -0.3 is 0 Å². The molecule has 0 aliphatic rings. The summed E-state index contributed by atoms with van der Waals surface area (Å²) in [5, 5.41) is 9.87. The van der Waals surface area contributed by atoms with E-state index in [1.54, 1.807) is 6.92 Å². The molecule has 0 saturated heterocycles. The molecule has 0 spiro atoms. The van der Waals surface area contributed by atoms with E-state index in [1.165, 1.54) is 0 Å². The molecule has 1 aromatic heterocycles. The highest BCUT2D eigenvalue weighted by atomic mass is 35.5. The van der Waals surface area contributed by atoms with Crippen molar-refractivity contribution in [3.05, 3.63) is 10.6 Å². The van der Waals surface area contributed by atoms with Crippen molar-refractivity contribution in [2.24, 2.45) is 0 Å². The Morgan fingerprint density at radius 3 is 2.17 bits per heavy atom. The zero-order valence-electron chi connectivity index (χ0n) is 6.20. The Morgan fingerprint density at radius 1 is 1.25 bits per heavy atom. The third kappa shape index (κ3) is 2.17. The number of nitrogens with zero attached hydrogens (tertiary/aromatic N) is 4. The third-order valence-corrected chi connectivity index (χ3v) is 1.44. The maximum Gasteiger partial charge on any atom is 0.255 e. The van der Waals surface area contributed by atoms with Crippen LogP contribution in [-0.4, -0.2) is 26.7 Å². The minimum atomic E-state index is -0.0440. The average Bonchev–Trinajstić information content (AvgIpc) is 2.01. The van der Waals surface area contributed by atoms with E-state index in [1.807, 2.05) is 0 Å². The second-order valence-electron chi connectivity index (χ2n) is 1.89. The summed E-state index contributed by atoms with van der Waals surface area (Å²) in [5.41, 5.74) is 0. The average molecular weight is 209 g/mol. The van der Waals surface area contributed by atoms with Crippen LogP contribution in [0.1, 0.15) is 6.92 Å². The van der Waals surface area contributed by atoms with Gasteiger partial charge in [-0.15, -0.1) is 0 Å². The van der Waals surface area contributed by atoms with Crippen LogP contribution in [0.5, 0.6) is 0 Å². The minimum Gasteiger partial charge on any atom is -0.286 e. The lowest BCUT2D eigenvalue weighted by atomic mass is 10.7. The fourth-order valence-corrected chi connectivity index (χ4v) is 0.928. The smallest absolute Gasteiger partial charge is 0.255 e. The molecule has 12 heavy (non-hydrogen) atoms. The molecule has 1 rings (SSSR count). The van der Waals surface area contributed by atoms with Gasteiger partial charge in [0.15, 0.2) is 0 Å². The fraction of sp³-hybridized carbons (Fsp3) is 0.400. The van der Waals surface area contributed by atoms with Gasteiger partial charge in [0.05, 0.1) is 0 Å². The second-order valence-corrected chi connectivity index (χ2v) is 2.57. The lowest BCUT2D eigenvalue weighted by Gasteiger charge is -2.10. The molecule has 1 aromatic rings. The highest BCUT2D eigenvalue weighted by molar-refractivity contribution is 6.31. The molecule has 0 saturated carbocycles. The molecule has 66 valence electrons. The van der Waals surface area contributed by atoms with Gasteiger partial charge in [-0.2, -0.15) is 15.0 Å². The van der Waals surface area contributed by atoms with Crippen molar-refractivity contribution in [2.45, 2.75) is 6.92 Å². The van der Waals surface area contributed by atoms with Crippen molar-refractivity contribution < 1.29 is 5.21 Å². The molecule has 1 heterocycles. The molecule has 0 unspecified atom stereocenters. The maximum absolute atomic E-state index is 9.14. The molecular weight excluding hydrogens is 203 g/mol. The molecule has 0 bridgehead atoms. The molecule has 0 radical (unpaired) electrons. The first kappa shape index (κ1) is 9.44. The number of aromatic nitrogens is 3. The van der Waals surface area contributed by atoms with Crippen LogP contribution >= 0.6 is 23.2 Å². The lowest BCUT2D eigenvalue weighted by molar-refractivity contribution is 0.253. The Balaban J connectivity index is 3.00. The molecule has 0 fully saturated rings. The zero-order valence-corrected chi connectivity index (χ0v) is 7.71. The van der Waals surface area contributed by atoms with Gasteiger partial charge in [-0.05, 0) is 30.1 Å². The topological polar surface area (TPSA) is 62.1 Å². The second kappa shape index (κ2) is 3.84. The Bertz CT molecular complexity index is 262. The van der Waals surface area contributed by atoms with Gasteiger partial charge in [0.25, 0.3) is 5.95 Å². The number of rotatable bonds is 2. The molecule has 0 aromatic carbocycles. The normalized spacial score (nSPS) is 10.0. The van der Waals surface area contributed by atoms with Crippen molar-refractivity contribution in [1.82, 2.24) is 15.0 Å².